The third kappa shape index (κ3) is 4.47. The maximum atomic E-state index is 12.7. The fourth-order valence-corrected chi connectivity index (χ4v) is 4.09. The lowest BCUT2D eigenvalue weighted by atomic mass is 10.1. The van der Waals surface area contributed by atoms with Crippen molar-refractivity contribution in [3.05, 3.63) is 82.7 Å². The Labute approximate surface area is 175 Å². The van der Waals surface area contributed by atoms with Gasteiger partial charge in [0.15, 0.2) is 0 Å². The van der Waals surface area contributed by atoms with Gasteiger partial charge in [-0.25, -0.2) is 13.4 Å². The molecule has 0 unspecified atom stereocenters. The molecular formula is C22H20N4O3S. The second kappa shape index (κ2) is 8.35. The lowest BCUT2D eigenvalue weighted by Crippen LogP contribution is -2.16. The summed E-state index contributed by atoms with van der Waals surface area (Å²) in [6.45, 7) is 5.32. The molecule has 0 radical (unpaired) electrons. The van der Waals surface area contributed by atoms with Crippen LogP contribution in [-0.2, 0) is 10.0 Å². The quantitative estimate of drug-likeness (QED) is 0.649. The van der Waals surface area contributed by atoms with Crippen LogP contribution in [0.25, 0.3) is 0 Å². The van der Waals surface area contributed by atoms with Crippen molar-refractivity contribution in [3.63, 3.8) is 0 Å². The molecule has 1 aromatic heterocycles. The minimum absolute atomic E-state index is 0.0792. The summed E-state index contributed by atoms with van der Waals surface area (Å²) in [7, 11) is -3.77. The zero-order valence-corrected chi connectivity index (χ0v) is 17.5. The third-order valence-corrected chi connectivity index (χ3v) is 5.94. The van der Waals surface area contributed by atoms with Crippen molar-refractivity contribution in [1.29, 1.82) is 5.26 Å². The Hall–Kier alpha value is -3.70. The van der Waals surface area contributed by atoms with Crippen molar-refractivity contribution in [2.24, 2.45) is 0 Å². The molecule has 30 heavy (non-hydrogen) atoms. The highest BCUT2D eigenvalue weighted by Gasteiger charge is 2.17. The van der Waals surface area contributed by atoms with Crippen LogP contribution in [-0.4, -0.2) is 19.3 Å². The van der Waals surface area contributed by atoms with E-state index in [1.54, 1.807) is 6.92 Å². The molecule has 0 atom stereocenters. The standard InChI is InChI=1S/C22H20N4O3S/c1-14-5-4-6-15(2)21(14)26-30(28,29)19-10-8-18(9-11-19)25-22(27)20-12-7-17(13-23)16(3)24-20/h4-12,26H,1-3H3,(H,25,27). The molecule has 152 valence electrons. The summed E-state index contributed by atoms with van der Waals surface area (Å²) in [5.74, 6) is -0.452. The number of rotatable bonds is 5. The first-order chi connectivity index (χ1) is 14.2. The number of nitrogens with one attached hydrogen (secondary N) is 2. The van der Waals surface area contributed by atoms with E-state index in [2.05, 4.69) is 15.0 Å². The summed E-state index contributed by atoms with van der Waals surface area (Å²) in [6.07, 6.45) is 0. The highest BCUT2D eigenvalue weighted by molar-refractivity contribution is 7.92. The van der Waals surface area contributed by atoms with Crippen molar-refractivity contribution in [2.75, 3.05) is 10.0 Å². The van der Waals surface area contributed by atoms with Gasteiger partial charge >= 0.3 is 0 Å². The molecule has 3 rings (SSSR count). The van der Waals surface area contributed by atoms with Gasteiger partial charge in [-0.1, -0.05) is 18.2 Å². The van der Waals surface area contributed by atoms with E-state index < -0.39 is 15.9 Å². The molecule has 3 aromatic rings. The lowest BCUT2D eigenvalue weighted by molar-refractivity contribution is 0.102. The number of para-hydroxylation sites is 1. The van der Waals surface area contributed by atoms with E-state index in [1.165, 1.54) is 36.4 Å². The number of pyridine rings is 1. The van der Waals surface area contributed by atoms with Gasteiger partial charge in [-0.2, -0.15) is 5.26 Å². The number of aryl methyl sites for hydroxylation is 3. The molecular weight excluding hydrogens is 400 g/mol. The molecule has 0 aliphatic heterocycles. The fraction of sp³-hybridized carbons (Fsp3) is 0.136. The van der Waals surface area contributed by atoms with Gasteiger partial charge in [0.25, 0.3) is 15.9 Å². The van der Waals surface area contributed by atoms with Gasteiger partial charge in [0.1, 0.15) is 11.8 Å². The molecule has 0 saturated carbocycles. The Bertz CT molecular complexity index is 1240. The molecule has 0 aliphatic carbocycles. The Kier molecular flexibility index (Phi) is 5.85. The monoisotopic (exact) mass is 420 g/mol. The van der Waals surface area contributed by atoms with E-state index in [-0.39, 0.29) is 10.6 Å². The fourth-order valence-electron chi connectivity index (χ4n) is 2.89. The van der Waals surface area contributed by atoms with Gasteiger partial charge in [0.2, 0.25) is 0 Å². The van der Waals surface area contributed by atoms with Crippen LogP contribution in [0.4, 0.5) is 11.4 Å². The molecule has 0 aliphatic rings. The largest absolute Gasteiger partial charge is 0.321 e. The first kappa shape index (κ1) is 21.0. The summed E-state index contributed by atoms with van der Waals surface area (Å²) in [4.78, 5) is 16.6. The smallest absolute Gasteiger partial charge is 0.274 e. The van der Waals surface area contributed by atoms with Crippen LogP contribution >= 0.6 is 0 Å². The van der Waals surface area contributed by atoms with Gasteiger partial charge in [-0.15, -0.1) is 0 Å². The minimum Gasteiger partial charge on any atom is -0.321 e. The molecule has 0 saturated heterocycles. The van der Waals surface area contributed by atoms with E-state index in [0.717, 1.165) is 11.1 Å². The minimum atomic E-state index is -3.77. The SMILES string of the molecule is Cc1cccc(C)c1NS(=O)(=O)c1ccc(NC(=O)c2ccc(C#N)c(C)n2)cc1. The van der Waals surface area contributed by atoms with Crippen molar-refractivity contribution in [1.82, 2.24) is 4.98 Å². The van der Waals surface area contributed by atoms with Crippen LogP contribution in [0.15, 0.2) is 59.5 Å². The van der Waals surface area contributed by atoms with E-state index >= 15 is 0 Å². The summed E-state index contributed by atoms with van der Waals surface area (Å²) < 4.78 is 28.1. The maximum absolute atomic E-state index is 12.7. The van der Waals surface area contributed by atoms with E-state index in [0.29, 0.717) is 22.6 Å². The van der Waals surface area contributed by atoms with Crippen molar-refractivity contribution in [3.8, 4) is 6.07 Å². The van der Waals surface area contributed by atoms with Gasteiger partial charge in [-0.05, 0) is 68.3 Å². The summed E-state index contributed by atoms with van der Waals surface area (Å²) in [6, 6.07) is 16.4. The molecule has 2 N–H and O–H groups in total. The number of nitriles is 1. The number of aromatic nitrogens is 1. The second-order valence-corrected chi connectivity index (χ2v) is 8.47. The summed E-state index contributed by atoms with van der Waals surface area (Å²) in [5.41, 5.74) is 3.66. The van der Waals surface area contributed by atoms with Crippen LogP contribution in [0.5, 0.6) is 0 Å². The van der Waals surface area contributed by atoms with Gasteiger partial charge < -0.3 is 5.32 Å². The normalized spacial score (nSPS) is 10.9. The summed E-state index contributed by atoms with van der Waals surface area (Å²) in [5, 5.41) is 11.6. The number of anilines is 2. The molecule has 8 heteroatoms. The van der Waals surface area contributed by atoms with Gasteiger partial charge in [0, 0.05) is 5.69 Å². The number of hydrogen-bond donors (Lipinski definition) is 2. The predicted molar refractivity (Wildman–Crippen MR) is 115 cm³/mol. The molecule has 2 aromatic carbocycles. The average Bonchev–Trinajstić information content (AvgIpc) is 2.71. The zero-order valence-electron chi connectivity index (χ0n) is 16.7. The number of nitrogens with zero attached hydrogens (tertiary/aromatic N) is 2. The molecule has 1 amide bonds. The van der Waals surface area contributed by atoms with Crippen LogP contribution in [0.1, 0.15) is 32.9 Å². The maximum Gasteiger partial charge on any atom is 0.274 e. The van der Waals surface area contributed by atoms with Crippen LogP contribution in [0.2, 0.25) is 0 Å². The number of carbonyl (C=O) groups is 1. The number of carbonyl (C=O) groups excluding carboxylic acids is 1. The highest BCUT2D eigenvalue weighted by Crippen LogP contribution is 2.24. The molecule has 0 spiro atoms. The van der Waals surface area contributed by atoms with Gasteiger partial charge in [-0.3, -0.25) is 9.52 Å². The lowest BCUT2D eigenvalue weighted by Gasteiger charge is -2.13. The number of sulfonamides is 1. The number of benzene rings is 2. The topological polar surface area (TPSA) is 112 Å². The van der Waals surface area contributed by atoms with Crippen molar-refractivity contribution < 1.29 is 13.2 Å². The van der Waals surface area contributed by atoms with Crippen LogP contribution < -0.4 is 10.0 Å². The van der Waals surface area contributed by atoms with E-state index in [9.17, 15) is 13.2 Å². The molecule has 0 bridgehead atoms. The highest BCUT2D eigenvalue weighted by atomic mass is 32.2. The van der Waals surface area contributed by atoms with Gasteiger partial charge in [0.05, 0.1) is 21.8 Å². The molecule has 1 heterocycles. The Morgan fingerprint density at radius 1 is 0.967 bits per heavy atom. The van der Waals surface area contributed by atoms with Crippen molar-refractivity contribution >= 4 is 27.3 Å². The third-order valence-electron chi connectivity index (χ3n) is 4.58. The summed E-state index contributed by atoms with van der Waals surface area (Å²) >= 11 is 0. The first-order valence-electron chi connectivity index (χ1n) is 9.09. The van der Waals surface area contributed by atoms with E-state index in [1.807, 2.05) is 38.1 Å². The Morgan fingerprint density at radius 2 is 1.60 bits per heavy atom. The predicted octanol–water partition coefficient (Wildman–Crippen LogP) is 3.93. The zero-order chi connectivity index (χ0) is 21.9. The Morgan fingerprint density at radius 3 is 2.17 bits per heavy atom. The van der Waals surface area contributed by atoms with Crippen LogP contribution in [0, 0.1) is 32.1 Å². The number of hydrogen-bond acceptors (Lipinski definition) is 5. The van der Waals surface area contributed by atoms with Crippen molar-refractivity contribution in [2.45, 2.75) is 25.7 Å². The molecule has 0 fully saturated rings. The van der Waals surface area contributed by atoms with E-state index in [4.69, 9.17) is 5.26 Å². The Balaban J connectivity index is 1.76. The second-order valence-electron chi connectivity index (χ2n) is 6.79. The first-order valence-corrected chi connectivity index (χ1v) is 10.6. The number of amides is 1. The molecule has 7 nitrogen and oxygen atoms in total. The average molecular weight is 420 g/mol. The van der Waals surface area contributed by atoms with Crippen LogP contribution in [0.3, 0.4) is 0 Å².